The molecule has 2 aromatic rings. The van der Waals surface area contributed by atoms with Crippen molar-refractivity contribution >= 4 is 21.6 Å². The molecule has 0 saturated carbocycles. The SMILES string of the molecule is Cc1cc(Br)cc(C)c1NCc1c(F)cc(C#N)cc1F. The van der Waals surface area contributed by atoms with E-state index < -0.39 is 11.6 Å². The average Bonchev–Trinajstić information content (AvgIpc) is 2.39. The maximum atomic E-state index is 13.8. The van der Waals surface area contributed by atoms with Gasteiger partial charge in [0.15, 0.2) is 0 Å². The van der Waals surface area contributed by atoms with E-state index in [1.54, 1.807) is 6.07 Å². The Labute approximate surface area is 130 Å². The van der Waals surface area contributed by atoms with Crippen LogP contribution in [0.15, 0.2) is 28.7 Å². The lowest BCUT2D eigenvalue weighted by molar-refractivity contribution is 0.559. The first kappa shape index (κ1) is 15.5. The number of aryl methyl sites for hydroxylation is 2. The molecule has 0 spiro atoms. The largest absolute Gasteiger partial charge is 0.380 e. The molecule has 0 amide bonds. The van der Waals surface area contributed by atoms with Crippen molar-refractivity contribution in [3.05, 3.63) is 62.6 Å². The van der Waals surface area contributed by atoms with Gasteiger partial charge in [-0.3, -0.25) is 0 Å². The summed E-state index contributed by atoms with van der Waals surface area (Å²) in [5.74, 6) is -1.43. The van der Waals surface area contributed by atoms with E-state index in [0.29, 0.717) is 0 Å². The minimum absolute atomic E-state index is 0.0205. The summed E-state index contributed by atoms with van der Waals surface area (Å²) in [4.78, 5) is 0. The smallest absolute Gasteiger partial charge is 0.132 e. The van der Waals surface area contributed by atoms with Crippen molar-refractivity contribution in [2.75, 3.05) is 5.32 Å². The Bertz CT molecular complexity index is 690. The molecule has 0 aliphatic rings. The number of halogens is 3. The van der Waals surface area contributed by atoms with Crippen LogP contribution >= 0.6 is 15.9 Å². The van der Waals surface area contributed by atoms with E-state index in [0.717, 1.165) is 33.4 Å². The fourth-order valence-corrected chi connectivity index (χ4v) is 2.89. The normalized spacial score (nSPS) is 10.3. The maximum Gasteiger partial charge on any atom is 0.132 e. The van der Waals surface area contributed by atoms with Crippen LogP contribution in [-0.2, 0) is 6.54 Å². The second-order valence-electron chi connectivity index (χ2n) is 4.80. The monoisotopic (exact) mass is 350 g/mol. The Balaban J connectivity index is 2.28. The van der Waals surface area contributed by atoms with Crippen LogP contribution in [0.25, 0.3) is 0 Å². The number of hydrogen-bond acceptors (Lipinski definition) is 2. The molecule has 1 N–H and O–H groups in total. The first-order valence-corrected chi connectivity index (χ1v) is 7.10. The van der Waals surface area contributed by atoms with Crippen molar-refractivity contribution in [1.82, 2.24) is 0 Å². The highest BCUT2D eigenvalue weighted by atomic mass is 79.9. The number of rotatable bonds is 3. The topological polar surface area (TPSA) is 35.8 Å². The zero-order valence-corrected chi connectivity index (χ0v) is 13.2. The number of nitrogens with one attached hydrogen (secondary N) is 1. The quantitative estimate of drug-likeness (QED) is 0.860. The number of benzene rings is 2. The Morgan fingerprint density at radius 3 is 2.10 bits per heavy atom. The first-order chi connectivity index (χ1) is 9.92. The fourth-order valence-electron chi connectivity index (χ4n) is 2.20. The third-order valence-corrected chi connectivity index (χ3v) is 3.67. The lowest BCUT2D eigenvalue weighted by Crippen LogP contribution is -2.07. The summed E-state index contributed by atoms with van der Waals surface area (Å²) >= 11 is 3.40. The van der Waals surface area contributed by atoms with Crippen LogP contribution in [0.2, 0.25) is 0 Å². The molecule has 2 rings (SSSR count). The van der Waals surface area contributed by atoms with Crippen LogP contribution < -0.4 is 5.32 Å². The minimum atomic E-state index is -0.716. The standard InChI is InChI=1S/C16H13BrF2N2/c1-9-3-12(17)4-10(2)16(9)21-8-13-14(18)5-11(7-20)6-15(13)19/h3-6,21H,8H2,1-2H3. The summed E-state index contributed by atoms with van der Waals surface area (Å²) in [7, 11) is 0. The van der Waals surface area contributed by atoms with Gasteiger partial charge in [-0.1, -0.05) is 15.9 Å². The summed E-state index contributed by atoms with van der Waals surface area (Å²) in [5, 5.41) is 11.7. The third kappa shape index (κ3) is 3.40. The molecule has 0 heterocycles. The summed E-state index contributed by atoms with van der Waals surface area (Å²) in [5.41, 5.74) is 2.72. The van der Waals surface area contributed by atoms with Gasteiger partial charge >= 0.3 is 0 Å². The Kier molecular flexibility index (Phi) is 4.59. The number of nitrogens with zero attached hydrogens (tertiary/aromatic N) is 1. The highest BCUT2D eigenvalue weighted by Crippen LogP contribution is 2.26. The van der Waals surface area contributed by atoms with Gasteiger partial charge in [-0.25, -0.2) is 8.78 Å². The van der Waals surface area contributed by atoms with Gasteiger partial charge in [0.1, 0.15) is 11.6 Å². The Morgan fingerprint density at radius 1 is 1.10 bits per heavy atom. The average molecular weight is 351 g/mol. The molecule has 0 atom stereocenters. The summed E-state index contributed by atoms with van der Waals surface area (Å²) in [6.45, 7) is 3.86. The van der Waals surface area contributed by atoms with Gasteiger partial charge in [0.05, 0.1) is 11.6 Å². The highest BCUT2D eigenvalue weighted by Gasteiger charge is 2.12. The van der Waals surface area contributed by atoms with Crippen molar-refractivity contribution in [3.8, 4) is 6.07 Å². The number of anilines is 1. The van der Waals surface area contributed by atoms with Gasteiger partial charge in [0.2, 0.25) is 0 Å². The molecule has 108 valence electrons. The molecule has 0 unspecified atom stereocenters. The van der Waals surface area contributed by atoms with Gasteiger partial charge in [0.25, 0.3) is 0 Å². The molecule has 0 aliphatic carbocycles. The molecule has 2 nitrogen and oxygen atoms in total. The molecule has 21 heavy (non-hydrogen) atoms. The predicted molar refractivity (Wildman–Crippen MR) is 82.0 cm³/mol. The molecule has 0 fully saturated rings. The maximum absolute atomic E-state index is 13.8. The molecule has 0 aliphatic heterocycles. The summed E-state index contributed by atoms with van der Waals surface area (Å²) < 4.78 is 28.6. The van der Waals surface area contributed by atoms with E-state index in [4.69, 9.17) is 5.26 Å². The molecule has 5 heteroatoms. The molecule has 2 aromatic carbocycles. The molecular weight excluding hydrogens is 338 g/mol. The molecule has 0 aromatic heterocycles. The van der Waals surface area contributed by atoms with Crippen LogP contribution in [0.3, 0.4) is 0 Å². The summed E-state index contributed by atoms with van der Waals surface area (Å²) in [6, 6.07) is 7.68. The van der Waals surface area contributed by atoms with Crippen LogP contribution in [0, 0.1) is 36.8 Å². The second kappa shape index (κ2) is 6.23. The molecular formula is C16H13BrF2N2. The highest BCUT2D eigenvalue weighted by molar-refractivity contribution is 9.10. The van der Waals surface area contributed by atoms with Gasteiger partial charge in [-0.2, -0.15) is 5.26 Å². The van der Waals surface area contributed by atoms with Crippen LogP contribution in [0.1, 0.15) is 22.3 Å². The first-order valence-electron chi connectivity index (χ1n) is 6.31. The predicted octanol–water partition coefficient (Wildman–Crippen LogP) is 4.83. The van der Waals surface area contributed by atoms with Crippen LogP contribution in [-0.4, -0.2) is 0 Å². The van der Waals surface area contributed by atoms with E-state index >= 15 is 0 Å². The van der Waals surface area contributed by atoms with Crippen molar-refractivity contribution in [2.45, 2.75) is 20.4 Å². The fraction of sp³-hybridized carbons (Fsp3) is 0.188. The number of nitriles is 1. The molecule has 0 bridgehead atoms. The van der Waals surface area contributed by atoms with Crippen LogP contribution in [0.4, 0.5) is 14.5 Å². The van der Waals surface area contributed by atoms with Crippen molar-refractivity contribution < 1.29 is 8.78 Å². The van der Waals surface area contributed by atoms with Crippen molar-refractivity contribution in [1.29, 1.82) is 5.26 Å². The number of hydrogen-bond donors (Lipinski definition) is 1. The molecule has 0 saturated heterocycles. The summed E-state index contributed by atoms with van der Waals surface area (Å²) in [6.07, 6.45) is 0. The zero-order chi connectivity index (χ0) is 15.6. The lowest BCUT2D eigenvalue weighted by Gasteiger charge is -2.14. The van der Waals surface area contributed by atoms with E-state index in [2.05, 4.69) is 21.2 Å². The zero-order valence-electron chi connectivity index (χ0n) is 11.6. The van der Waals surface area contributed by atoms with E-state index in [1.165, 1.54) is 0 Å². The van der Waals surface area contributed by atoms with Crippen molar-refractivity contribution in [2.24, 2.45) is 0 Å². The second-order valence-corrected chi connectivity index (χ2v) is 5.71. The van der Waals surface area contributed by atoms with Gasteiger partial charge in [0, 0.05) is 22.3 Å². The molecule has 0 radical (unpaired) electrons. The third-order valence-electron chi connectivity index (χ3n) is 3.21. The van der Waals surface area contributed by atoms with Gasteiger partial charge in [-0.15, -0.1) is 0 Å². The minimum Gasteiger partial charge on any atom is -0.380 e. The van der Waals surface area contributed by atoms with Gasteiger partial charge in [-0.05, 0) is 49.2 Å². The Morgan fingerprint density at radius 2 is 1.62 bits per heavy atom. The lowest BCUT2D eigenvalue weighted by atomic mass is 10.1. The van der Waals surface area contributed by atoms with Crippen LogP contribution in [0.5, 0.6) is 0 Å². The van der Waals surface area contributed by atoms with E-state index in [-0.39, 0.29) is 17.7 Å². The van der Waals surface area contributed by atoms with Crippen molar-refractivity contribution in [3.63, 3.8) is 0 Å². The van der Waals surface area contributed by atoms with E-state index in [9.17, 15) is 8.78 Å². The van der Waals surface area contributed by atoms with E-state index in [1.807, 2.05) is 26.0 Å². The Hall–Kier alpha value is -1.93. The van der Waals surface area contributed by atoms with Gasteiger partial charge < -0.3 is 5.32 Å².